The molecule has 3 aromatic rings. The zero-order valence-electron chi connectivity index (χ0n) is 17.9. The van der Waals surface area contributed by atoms with E-state index in [1.54, 1.807) is 6.07 Å². The summed E-state index contributed by atoms with van der Waals surface area (Å²) in [6.07, 6.45) is 6.29. The molecule has 0 aliphatic heterocycles. The number of para-hydroxylation sites is 2. The van der Waals surface area contributed by atoms with Crippen molar-refractivity contribution in [3.05, 3.63) is 71.9 Å². The summed E-state index contributed by atoms with van der Waals surface area (Å²) in [4.78, 5) is 22.7. The molecule has 30 heavy (non-hydrogen) atoms. The predicted octanol–water partition coefficient (Wildman–Crippen LogP) is 5.72. The van der Waals surface area contributed by atoms with Crippen LogP contribution < -0.4 is 10.8 Å². The third kappa shape index (κ3) is 5.80. The van der Waals surface area contributed by atoms with Gasteiger partial charge in [-0.25, -0.2) is 5.48 Å². The fourth-order valence-electron chi connectivity index (χ4n) is 3.74. The zero-order valence-corrected chi connectivity index (χ0v) is 17.9. The van der Waals surface area contributed by atoms with Gasteiger partial charge < -0.3 is 5.32 Å². The smallest absolute Gasteiger partial charge is 0.276 e. The first kappa shape index (κ1) is 21.8. The van der Waals surface area contributed by atoms with Crippen molar-refractivity contribution >= 4 is 22.5 Å². The number of aromatic nitrogens is 1. The van der Waals surface area contributed by atoms with Gasteiger partial charge in [-0.15, -0.1) is 0 Å². The Kier molecular flexibility index (Phi) is 8.21. The third-order valence-corrected chi connectivity index (χ3v) is 5.26. The number of hydroxylamine groups is 1. The van der Waals surface area contributed by atoms with Crippen molar-refractivity contribution in [2.45, 2.75) is 46.1 Å². The molecule has 0 unspecified atom stereocenters. The molecule has 0 saturated heterocycles. The van der Waals surface area contributed by atoms with Crippen LogP contribution in [0.3, 0.4) is 0 Å². The van der Waals surface area contributed by atoms with Crippen LogP contribution in [0, 0.1) is 5.92 Å². The van der Waals surface area contributed by atoms with Crippen LogP contribution in [-0.4, -0.2) is 17.5 Å². The summed E-state index contributed by atoms with van der Waals surface area (Å²) in [6.45, 7) is 5.50. The number of amides is 1. The molecule has 0 saturated carbocycles. The molecule has 0 aliphatic rings. The minimum absolute atomic E-state index is 0.232. The van der Waals surface area contributed by atoms with Crippen LogP contribution in [0.5, 0.6) is 0 Å². The summed E-state index contributed by atoms with van der Waals surface area (Å²) in [5, 5.41) is 4.51. The van der Waals surface area contributed by atoms with Crippen molar-refractivity contribution in [3.8, 4) is 0 Å². The maximum atomic E-state index is 12.7. The third-order valence-electron chi connectivity index (χ3n) is 5.26. The van der Waals surface area contributed by atoms with Gasteiger partial charge in [0.2, 0.25) is 0 Å². The number of pyridine rings is 1. The maximum absolute atomic E-state index is 12.7. The highest BCUT2D eigenvalue weighted by Gasteiger charge is 2.13. The highest BCUT2D eigenvalue weighted by atomic mass is 16.6. The summed E-state index contributed by atoms with van der Waals surface area (Å²) in [7, 11) is 0. The van der Waals surface area contributed by atoms with Gasteiger partial charge in [-0.1, -0.05) is 57.0 Å². The Morgan fingerprint density at radius 1 is 1.00 bits per heavy atom. The highest BCUT2D eigenvalue weighted by molar-refractivity contribution is 5.99. The van der Waals surface area contributed by atoms with Crippen LogP contribution >= 0.6 is 0 Å². The number of carbonyl (C=O) groups excluding carboxylic acids is 1. The number of hydrogen-bond donors (Lipinski definition) is 2. The SMILES string of the molecule is CCCC(CCC)CONC(=O)c1ccccc1NCc1ccnc2ccccc12. The van der Waals surface area contributed by atoms with E-state index in [1.807, 2.05) is 48.7 Å². The van der Waals surface area contributed by atoms with Crippen LogP contribution in [0.1, 0.15) is 55.5 Å². The van der Waals surface area contributed by atoms with Gasteiger partial charge in [-0.05, 0) is 48.6 Å². The molecule has 5 heteroatoms. The van der Waals surface area contributed by atoms with Gasteiger partial charge >= 0.3 is 0 Å². The number of carbonyl (C=O) groups is 1. The van der Waals surface area contributed by atoms with Crippen molar-refractivity contribution in [1.29, 1.82) is 0 Å². The molecule has 0 bridgehead atoms. The number of nitrogens with zero attached hydrogens (tertiary/aromatic N) is 1. The predicted molar refractivity (Wildman–Crippen MR) is 122 cm³/mol. The monoisotopic (exact) mass is 405 g/mol. The molecule has 0 spiro atoms. The van der Waals surface area contributed by atoms with Gasteiger partial charge in [0.05, 0.1) is 17.7 Å². The van der Waals surface area contributed by atoms with Crippen molar-refractivity contribution in [1.82, 2.24) is 10.5 Å². The van der Waals surface area contributed by atoms with Gasteiger partial charge in [0.15, 0.2) is 0 Å². The lowest BCUT2D eigenvalue weighted by molar-refractivity contribution is 0.0135. The Balaban J connectivity index is 1.63. The fraction of sp³-hybridized carbons (Fsp3) is 0.360. The molecule has 1 heterocycles. The normalized spacial score (nSPS) is 11.0. The molecule has 1 amide bonds. The summed E-state index contributed by atoms with van der Waals surface area (Å²) in [6, 6.07) is 17.6. The van der Waals surface area contributed by atoms with E-state index in [1.165, 1.54) is 0 Å². The fourth-order valence-corrected chi connectivity index (χ4v) is 3.74. The summed E-state index contributed by atoms with van der Waals surface area (Å²) < 4.78 is 0. The lowest BCUT2D eigenvalue weighted by Crippen LogP contribution is -2.27. The second-order valence-corrected chi connectivity index (χ2v) is 7.57. The van der Waals surface area contributed by atoms with Gasteiger partial charge in [-0.3, -0.25) is 14.6 Å². The number of benzene rings is 2. The molecule has 1 aromatic heterocycles. The minimum atomic E-state index is -0.232. The molecule has 0 radical (unpaired) electrons. The number of nitrogens with one attached hydrogen (secondary N) is 2. The molecule has 2 aromatic carbocycles. The highest BCUT2D eigenvalue weighted by Crippen LogP contribution is 2.20. The molecule has 3 rings (SSSR count). The van der Waals surface area contributed by atoms with Crippen molar-refractivity contribution < 1.29 is 9.63 Å². The van der Waals surface area contributed by atoms with Gasteiger partial charge in [0, 0.05) is 23.8 Å². The molecule has 0 fully saturated rings. The second-order valence-electron chi connectivity index (χ2n) is 7.57. The number of anilines is 1. The van der Waals surface area contributed by atoms with E-state index in [-0.39, 0.29) is 5.91 Å². The molecule has 158 valence electrons. The van der Waals surface area contributed by atoms with Crippen molar-refractivity contribution in [3.63, 3.8) is 0 Å². The summed E-state index contributed by atoms with van der Waals surface area (Å²) in [5.74, 6) is 0.248. The largest absolute Gasteiger partial charge is 0.380 e. The van der Waals surface area contributed by atoms with Crippen LogP contribution in [0.25, 0.3) is 10.9 Å². The summed E-state index contributed by atoms with van der Waals surface area (Å²) >= 11 is 0. The molecular weight excluding hydrogens is 374 g/mol. The van der Waals surface area contributed by atoms with Gasteiger partial charge in [-0.2, -0.15) is 0 Å². The zero-order chi connectivity index (χ0) is 21.2. The van der Waals surface area contributed by atoms with E-state index in [9.17, 15) is 4.79 Å². The van der Waals surface area contributed by atoms with E-state index in [0.717, 1.165) is 47.8 Å². The Bertz CT molecular complexity index is 947. The second kappa shape index (κ2) is 11.3. The Labute approximate surface area is 178 Å². The molecule has 0 aliphatic carbocycles. The molecule has 0 atom stereocenters. The first-order valence-electron chi connectivity index (χ1n) is 10.8. The molecule has 5 nitrogen and oxygen atoms in total. The molecule has 2 N–H and O–H groups in total. The number of rotatable bonds is 11. The standard InChI is InChI=1S/C25H31N3O2/c1-3-9-19(10-4-2)18-30-28-25(29)22-12-6-8-14-24(22)27-17-20-15-16-26-23-13-7-5-11-21(20)23/h5-8,11-16,19,27H,3-4,9-10,17-18H2,1-2H3,(H,28,29). The van der Waals surface area contributed by atoms with Gasteiger partial charge in [0.1, 0.15) is 0 Å². The lowest BCUT2D eigenvalue weighted by Gasteiger charge is -2.16. The topological polar surface area (TPSA) is 63.2 Å². The van der Waals surface area contributed by atoms with E-state index in [0.29, 0.717) is 24.6 Å². The Morgan fingerprint density at radius 3 is 2.53 bits per heavy atom. The number of hydrogen-bond acceptors (Lipinski definition) is 4. The van der Waals surface area contributed by atoms with E-state index < -0.39 is 0 Å². The first-order valence-corrected chi connectivity index (χ1v) is 10.8. The average Bonchev–Trinajstić information content (AvgIpc) is 2.78. The summed E-state index contributed by atoms with van der Waals surface area (Å²) in [5.41, 5.74) is 6.07. The quantitative estimate of drug-likeness (QED) is 0.400. The average molecular weight is 406 g/mol. The Hall–Kier alpha value is -2.92. The molecular formula is C25H31N3O2. The van der Waals surface area contributed by atoms with E-state index >= 15 is 0 Å². The number of fused-ring (bicyclic) bond motifs is 1. The maximum Gasteiger partial charge on any atom is 0.276 e. The van der Waals surface area contributed by atoms with Crippen LogP contribution in [0.15, 0.2) is 60.8 Å². The Morgan fingerprint density at radius 2 is 1.73 bits per heavy atom. The van der Waals surface area contributed by atoms with Crippen molar-refractivity contribution in [2.24, 2.45) is 5.92 Å². The van der Waals surface area contributed by atoms with E-state index in [4.69, 9.17) is 4.84 Å². The minimum Gasteiger partial charge on any atom is -0.380 e. The van der Waals surface area contributed by atoms with Gasteiger partial charge in [0.25, 0.3) is 5.91 Å². The van der Waals surface area contributed by atoms with Crippen LogP contribution in [0.4, 0.5) is 5.69 Å². The van der Waals surface area contributed by atoms with Crippen LogP contribution in [0.2, 0.25) is 0 Å². The lowest BCUT2D eigenvalue weighted by atomic mass is 10.00. The van der Waals surface area contributed by atoms with Crippen LogP contribution in [-0.2, 0) is 11.4 Å². The van der Waals surface area contributed by atoms with Crippen molar-refractivity contribution in [2.75, 3.05) is 11.9 Å². The van der Waals surface area contributed by atoms with E-state index in [2.05, 4.69) is 35.7 Å². The first-order chi connectivity index (χ1) is 14.7.